The van der Waals surface area contributed by atoms with E-state index < -0.39 is 0 Å². The summed E-state index contributed by atoms with van der Waals surface area (Å²) in [7, 11) is 0. The highest BCUT2D eigenvalue weighted by Crippen LogP contribution is 2.24. The quantitative estimate of drug-likeness (QED) is 0.569. The normalized spacial score (nSPS) is 17.2. The number of nitrogens with two attached hydrogens (primary N) is 1. The first-order valence-electron chi connectivity index (χ1n) is 7.97. The molecule has 0 bridgehead atoms. The maximum Gasteiger partial charge on any atom is 0.156 e. The number of nitrogens with one attached hydrogen (secondary N) is 3. The molecule has 0 amide bonds. The molecule has 1 aliphatic heterocycles. The number of aromatic nitrogens is 4. The molecule has 0 spiro atoms. The van der Waals surface area contributed by atoms with Gasteiger partial charge in [0.05, 0.1) is 11.8 Å². The Hall–Kier alpha value is -2.87. The van der Waals surface area contributed by atoms with E-state index in [-0.39, 0.29) is 6.10 Å². The summed E-state index contributed by atoms with van der Waals surface area (Å²) >= 11 is 0. The molecule has 1 atom stereocenters. The zero-order chi connectivity index (χ0) is 16.4. The summed E-state index contributed by atoms with van der Waals surface area (Å²) in [6, 6.07) is 9.40. The van der Waals surface area contributed by atoms with E-state index in [0.717, 1.165) is 48.5 Å². The first kappa shape index (κ1) is 14.7. The Bertz CT molecular complexity index is 841. The number of hydrogen-bond acceptors (Lipinski definition) is 7. The molecule has 0 radical (unpaired) electrons. The lowest BCUT2D eigenvalue weighted by molar-refractivity contribution is 0.120. The van der Waals surface area contributed by atoms with Crippen molar-refractivity contribution in [3.63, 3.8) is 0 Å². The molecule has 8 nitrogen and oxygen atoms in total. The van der Waals surface area contributed by atoms with Crippen molar-refractivity contribution in [3.05, 3.63) is 30.3 Å². The van der Waals surface area contributed by atoms with Crippen LogP contribution in [0.4, 0.5) is 23.0 Å². The third-order valence-electron chi connectivity index (χ3n) is 4.04. The van der Waals surface area contributed by atoms with Crippen molar-refractivity contribution in [2.75, 3.05) is 29.5 Å². The number of nitrogens with zero attached hydrogens (tertiary/aromatic N) is 3. The Morgan fingerprint density at radius 1 is 1.21 bits per heavy atom. The molecule has 1 saturated heterocycles. The van der Waals surface area contributed by atoms with E-state index in [4.69, 9.17) is 10.5 Å². The van der Waals surface area contributed by atoms with Crippen LogP contribution in [-0.2, 0) is 4.74 Å². The second kappa shape index (κ2) is 6.32. The van der Waals surface area contributed by atoms with Gasteiger partial charge in [-0.25, -0.2) is 4.98 Å². The van der Waals surface area contributed by atoms with E-state index >= 15 is 0 Å². The summed E-state index contributed by atoms with van der Waals surface area (Å²) in [5, 5.41) is 17.3. The molecule has 8 heteroatoms. The van der Waals surface area contributed by atoms with E-state index in [9.17, 15) is 0 Å². The Kier molecular flexibility index (Phi) is 3.87. The Morgan fingerprint density at radius 3 is 3.00 bits per heavy atom. The minimum atomic E-state index is 0.260. The van der Waals surface area contributed by atoms with Crippen LogP contribution in [0, 0.1) is 0 Å². The van der Waals surface area contributed by atoms with Crippen molar-refractivity contribution in [3.8, 4) is 0 Å². The SMILES string of the molecule is Nc1ccc(NCC2CCCO2)nc1Nc1ccc2n[nH]nc2c1. The number of nitrogen functional groups attached to an aromatic ring is 1. The van der Waals surface area contributed by atoms with E-state index in [1.165, 1.54) is 0 Å². The van der Waals surface area contributed by atoms with Crippen LogP contribution in [0.25, 0.3) is 11.0 Å². The Labute approximate surface area is 138 Å². The van der Waals surface area contributed by atoms with Gasteiger partial charge in [0.25, 0.3) is 0 Å². The van der Waals surface area contributed by atoms with Crippen molar-refractivity contribution in [2.45, 2.75) is 18.9 Å². The zero-order valence-corrected chi connectivity index (χ0v) is 13.1. The minimum absolute atomic E-state index is 0.260. The van der Waals surface area contributed by atoms with Gasteiger partial charge in [-0.15, -0.1) is 0 Å². The summed E-state index contributed by atoms with van der Waals surface area (Å²) in [5.41, 5.74) is 9.07. The fourth-order valence-electron chi connectivity index (χ4n) is 2.75. The molecule has 3 aromatic rings. The van der Waals surface area contributed by atoms with E-state index in [2.05, 4.69) is 31.0 Å². The van der Waals surface area contributed by atoms with Crippen LogP contribution >= 0.6 is 0 Å². The van der Waals surface area contributed by atoms with Crippen molar-refractivity contribution < 1.29 is 4.74 Å². The highest BCUT2D eigenvalue weighted by Gasteiger charge is 2.15. The van der Waals surface area contributed by atoms with Crippen LogP contribution in [0.2, 0.25) is 0 Å². The number of rotatable bonds is 5. The van der Waals surface area contributed by atoms with Crippen LogP contribution in [0.5, 0.6) is 0 Å². The molecule has 124 valence electrons. The summed E-state index contributed by atoms with van der Waals surface area (Å²) in [4.78, 5) is 4.55. The van der Waals surface area contributed by atoms with Gasteiger partial charge in [-0.05, 0) is 43.2 Å². The third kappa shape index (κ3) is 3.09. The highest BCUT2D eigenvalue weighted by atomic mass is 16.5. The van der Waals surface area contributed by atoms with Crippen LogP contribution in [0.3, 0.4) is 0 Å². The van der Waals surface area contributed by atoms with Gasteiger partial charge >= 0.3 is 0 Å². The average molecular weight is 325 g/mol. The van der Waals surface area contributed by atoms with Crippen LogP contribution in [-0.4, -0.2) is 39.7 Å². The number of ether oxygens (including phenoxy) is 1. The van der Waals surface area contributed by atoms with E-state index in [0.29, 0.717) is 11.5 Å². The summed E-state index contributed by atoms with van der Waals surface area (Å²) in [6.07, 6.45) is 2.47. The largest absolute Gasteiger partial charge is 0.396 e. The molecule has 1 fully saturated rings. The van der Waals surface area contributed by atoms with Crippen molar-refractivity contribution in [1.29, 1.82) is 0 Å². The Balaban J connectivity index is 1.49. The van der Waals surface area contributed by atoms with Crippen LogP contribution in [0.1, 0.15) is 12.8 Å². The average Bonchev–Trinajstić information content (AvgIpc) is 3.26. The number of H-pyrrole nitrogens is 1. The topological polar surface area (TPSA) is 114 Å². The van der Waals surface area contributed by atoms with Crippen molar-refractivity contribution in [2.24, 2.45) is 0 Å². The van der Waals surface area contributed by atoms with E-state index in [1.54, 1.807) is 0 Å². The standard InChI is InChI=1S/C16H19N7O/c17-12-4-6-15(18-9-11-2-1-7-24-11)20-16(12)19-10-3-5-13-14(8-10)22-23-21-13/h3-6,8,11H,1-2,7,9,17H2,(H2,18,19,20)(H,21,22,23). The van der Waals surface area contributed by atoms with Crippen LogP contribution in [0.15, 0.2) is 30.3 Å². The molecule has 3 heterocycles. The maximum absolute atomic E-state index is 6.04. The Morgan fingerprint density at radius 2 is 2.12 bits per heavy atom. The first-order valence-corrected chi connectivity index (χ1v) is 7.97. The summed E-state index contributed by atoms with van der Waals surface area (Å²) < 4.78 is 5.61. The van der Waals surface area contributed by atoms with Gasteiger partial charge in [0.2, 0.25) is 0 Å². The van der Waals surface area contributed by atoms with Gasteiger partial charge in [0.15, 0.2) is 5.82 Å². The van der Waals surface area contributed by atoms with Gasteiger partial charge in [-0.1, -0.05) is 0 Å². The monoisotopic (exact) mass is 325 g/mol. The molecule has 4 rings (SSSR count). The van der Waals surface area contributed by atoms with Crippen molar-refractivity contribution >= 4 is 34.0 Å². The number of anilines is 4. The molecule has 2 aromatic heterocycles. The van der Waals surface area contributed by atoms with Crippen molar-refractivity contribution in [1.82, 2.24) is 20.4 Å². The molecule has 1 aliphatic rings. The summed E-state index contributed by atoms with van der Waals surface area (Å²) in [6.45, 7) is 1.60. The summed E-state index contributed by atoms with van der Waals surface area (Å²) in [5.74, 6) is 1.37. The lowest BCUT2D eigenvalue weighted by Crippen LogP contribution is -2.19. The second-order valence-electron chi connectivity index (χ2n) is 5.80. The predicted octanol–water partition coefficient (Wildman–Crippen LogP) is 2.27. The number of hydrogen-bond donors (Lipinski definition) is 4. The molecular formula is C16H19N7O. The number of pyridine rings is 1. The van der Waals surface area contributed by atoms with Gasteiger partial charge in [-0.2, -0.15) is 15.4 Å². The van der Waals surface area contributed by atoms with Gasteiger partial charge in [0, 0.05) is 18.8 Å². The lowest BCUT2D eigenvalue weighted by atomic mass is 10.2. The fourth-order valence-corrected chi connectivity index (χ4v) is 2.75. The minimum Gasteiger partial charge on any atom is -0.396 e. The number of fused-ring (bicyclic) bond motifs is 1. The van der Waals surface area contributed by atoms with Crippen LogP contribution < -0.4 is 16.4 Å². The van der Waals surface area contributed by atoms with Gasteiger partial charge in [-0.3, -0.25) is 0 Å². The highest BCUT2D eigenvalue weighted by molar-refractivity contribution is 5.80. The molecule has 0 saturated carbocycles. The van der Waals surface area contributed by atoms with E-state index in [1.807, 2.05) is 30.3 Å². The third-order valence-corrected chi connectivity index (χ3v) is 4.04. The smallest absolute Gasteiger partial charge is 0.156 e. The molecule has 0 aliphatic carbocycles. The van der Waals surface area contributed by atoms with Gasteiger partial charge < -0.3 is 21.1 Å². The fraction of sp³-hybridized carbons (Fsp3) is 0.312. The molecule has 5 N–H and O–H groups in total. The lowest BCUT2D eigenvalue weighted by Gasteiger charge is -2.14. The zero-order valence-electron chi connectivity index (χ0n) is 13.1. The molecule has 1 unspecified atom stereocenters. The second-order valence-corrected chi connectivity index (χ2v) is 5.80. The molecular weight excluding hydrogens is 306 g/mol. The maximum atomic E-state index is 6.04. The first-order chi connectivity index (χ1) is 11.8. The molecule has 24 heavy (non-hydrogen) atoms. The molecule has 1 aromatic carbocycles. The predicted molar refractivity (Wildman–Crippen MR) is 93.3 cm³/mol. The van der Waals surface area contributed by atoms with Gasteiger partial charge in [0.1, 0.15) is 16.9 Å². The number of benzene rings is 1. The number of aromatic amines is 1.